The third-order valence-corrected chi connectivity index (χ3v) is 6.66. The van der Waals surface area contributed by atoms with Crippen LogP contribution in [0.4, 0.5) is 0 Å². The normalized spacial score (nSPS) is 15.8. The number of halogens is 1. The maximum Gasteiger partial charge on any atom is 0.243 e. The largest absolute Gasteiger partial charge is 0.496 e. The Hall–Kier alpha value is -1.97. The Balaban J connectivity index is 0.00000578. The van der Waals surface area contributed by atoms with Gasteiger partial charge in [0, 0.05) is 31.1 Å². The van der Waals surface area contributed by atoms with Gasteiger partial charge >= 0.3 is 0 Å². The molecule has 3 amide bonds. The molecule has 0 radical (unpaired) electrons. The molecule has 2 atom stereocenters. The van der Waals surface area contributed by atoms with Crippen LogP contribution < -0.4 is 21.1 Å². The van der Waals surface area contributed by atoms with E-state index in [2.05, 4.69) is 10.6 Å². The second-order valence-corrected chi connectivity index (χ2v) is 9.73. The van der Waals surface area contributed by atoms with Gasteiger partial charge in [-0.15, -0.1) is 12.4 Å². The average molecular weight is 515 g/mol. The van der Waals surface area contributed by atoms with Crippen molar-refractivity contribution in [2.24, 2.45) is 17.6 Å². The van der Waals surface area contributed by atoms with Crippen LogP contribution >= 0.6 is 24.2 Å². The molecule has 192 valence electrons. The van der Waals surface area contributed by atoms with Crippen LogP contribution in [0.1, 0.15) is 38.7 Å². The van der Waals surface area contributed by atoms with Gasteiger partial charge in [-0.25, -0.2) is 0 Å². The summed E-state index contributed by atoms with van der Waals surface area (Å²) in [5.41, 5.74) is 6.88. The van der Waals surface area contributed by atoms with E-state index >= 15 is 0 Å². The number of ether oxygens (including phenoxy) is 1. The van der Waals surface area contributed by atoms with Gasteiger partial charge in [-0.2, -0.15) is 11.8 Å². The smallest absolute Gasteiger partial charge is 0.243 e. The molecule has 1 fully saturated rings. The van der Waals surface area contributed by atoms with Crippen LogP contribution in [0.15, 0.2) is 24.3 Å². The lowest BCUT2D eigenvalue weighted by Crippen LogP contribution is -2.53. The average Bonchev–Trinajstić information content (AvgIpc) is 2.83. The van der Waals surface area contributed by atoms with Gasteiger partial charge in [0.2, 0.25) is 17.7 Å². The molecule has 0 aromatic heterocycles. The lowest BCUT2D eigenvalue weighted by Gasteiger charge is -2.34. The molecule has 0 bridgehead atoms. The molecule has 0 aliphatic carbocycles. The van der Waals surface area contributed by atoms with E-state index in [1.807, 2.05) is 44.4 Å². The molecule has 0 spiro atoms. The summed E-state index contributed by atoms with van der Waals surface area (Å²) in [6, 6.07) is 6.38. The molecular formula is C24H39ClN4O4S. The van der Waals surface area contributed by atoms with E-state index in [9.17, 15) is 14.4 Å². The quantitative estimate of drug-likeness (QED) is 0.417. The number of para-hydroxylation sites is 1. The second kappa shape index (κ2) is 15.1. The van der Waals surface area contributed by atoms with Crippen molar-refractivity contribution in [2.75, 3.05) is 32.2 Å². The van der Waals surface area contributed by atoms with E-state index in [1.165, 1.54) is 0 Å². The Labute approximate surface area is 213 Å². The molecule has 2 rings (SSSR count). The van der Waals surface area contributed by atoms with Crippen LogP contribution in [0.25, 0.3) is 0 Å². The fourth-order valence-corrected chi connectivity index (χ4v) is 4.40. The lowest BCUT2D eigenvalue weighted by atomic mass is 9.94. The van der Waals surface area contributed by atoms with Crippen molar-refractivity contribution in [3.05, 3.63) is 29.8 Å². The Bertz CT molecular complexity index is 803. The third-order valence-electron chi connectivity index (χ3n) is 6.02. The van der Waals surface area contributed by atoms with Crippen molar-refractivity contribution in [1.82, 2.24) is 15.5 Å². The van der Waals surface area contributed by atoms with Crippen LogP contribution in [-0.2, 0) is 20.9 Å². The van der Waals surface area contributed by atoms with E-state index in [-0.39, 0.29) is 42.0 Å². The molecule has 4 N–H and O–H groups in total. The number of thioether (sulfide) groups is 1. The first kappa shape index (κ1) is 30.1. The number of hydrogen-bond acceptors (Lipinski definition) is 6. The fourth-order valence-electron chi connectivity index (χ4n) is 3.91. The highest BCUT2D eigenvalue weighted by Crippen LogP contribution is 2.20. The number of methoxy groups -OCH3 is 1. The van der Waals surface area contributed by atoms with Gasteiger partial charge < -0.3 is 26.0 Å². The number of nitrogens with two attached hydrogens (primary N) is 1. The van der Waals surface area contributed by atoms with Crippen molar-refractivity contribution in [3.8, 4) is 5.75 Å². The van der Waals surface area contributed by atoms with E-state index in [0.29, 0.717) is 44.6 Å². The van der Waals surface area contributed by atoms with E-state index in [1.54, 1.807) is 23.8 Å². The number of carbonyl (C=O) groups excluding carboxylic acids is 3. The predicted octanol–water partition coefficient (Wildman–Crippen LogP) is 2.19. The molecule has 1 saturated heterocycles. The van der Waals surface area contributed by atoms with Crippen LogP contribution in [0.5, 0.6) is 5.75 Å². The molecule has 8 nitrogen and oxygen atoms in total. The number of amides is 3. The van der Waals surface area contributed by atoms with Crippen molar-refractivity contribution in [3.63, 3.8) is 0 Å². The van der Waals surface area contributed by atoms with Gasteiger partial charge in [-0.1, -0.05) is 32.0 Å². The number of benzene rings is 1. The van der Waals surface area contributed by atoms with Crippen molar-refractivity contribution < 1.29 is 19.1 Å². The molecule has 0 unspecified atom stereocenters. The molecular weight excluding hydrogens is 476 g/mol. The topological polar surface area (TPSA) is 114 Å². The molecule has 1 aliphatic heterocycles. The van der Waals surface area contributed by atoms with Crippen LogP contribution in [0.3, 0.4) is 0 Å². The summed E-state index contributed by atoms with van der Waals surface area (Å²) >= 11 is 1.67. The molecule has 1 aliphatic rings. The number of carbonyl (C=O) groups is 3. The van der Waals surface area contributed by atoms with Crippen LogP contribution in [0.2, 0.25) is 0 Å². The van der Waals surface area contributed by atoms with Crippen molar-refractivity contribution in [1.29, 1.82) is 0 Å². The minimum atomic E-state index is -0.633. The summed E-state index contributed by atoms with van der Waals surface area (Å²) < 4.78 is 5.33. The van der Waals surface area contributed by atoms with E-state index in [0.717, 1.165) is 11.3 Å². The van der Waals surface area contributed by atoms with Crippen LogP contribution in [-0.4, -0.2) is 66.9 Å². The maximum atomic E-state index is 12.9. The maximum absolute atomic E-state index is 12.9. The number of nitrogens with one attached hydrogen (secondary N) is 2. The van der Waals surface area contributed by atoms with Gasteiger partial charge in [-0.05, 0) is 43.3 Å². The lowest BCUT2D eigenvalue weighted by molar-refractivity contribution is -0.137. The monoisotopic (exact) mass is 514 g/mol. The minimum Gasteiger partial charge on any atom is -0.496 e. The Morgan fingerprint density at radius 1 is 1.21 bits per heavy atom. The Morgan fingerprint density at radius 2 is 1.85 bits per heavy atom. The predicted molar refractivity (Wildman–Crippen MR) is 139 cm³/mol. The van der Waals surface area contributed by atoms with Gasteiger partial charge in [0.1, 0.15) is 11.8 Å². The highest BCUT2D eigenvalue weighted by atomic mass is 35.5. The van der Waals surface area contributed by atoms with Gasteiger partial charge in [0.15, 0.2) is 0 Å². The van der Waals surface area contributed by atoms with Gasteiger partial charge in [0.25, 0.3) is 0 Å². The zero-order chi connectivity index (χ0) is 24.4. The highest BCUT2D eigenvalue weighted by molar-refractivity contribution is 7.98. The molecule has 1 heterocycles. The minimum absolute atomic E-state index is 0. The fraction of sp³-hybridized carbons (Fsp3) is 0.625. The first-order valence-corrected chi connectivity index (χ1v) is 12.9. The Morgan fingerprint density at radius 3 is 2.44 bits per heavy atom. The summed E-state index contributed by atoms with van der Waals surface area (Å²) in [5.74, 6) is 0.858. The highest BCUT2D eigenvalue weighted by Gasteiger charge is 2.32. The van der Waals surface area contributed by atoms with E-state index in [4.69, 9.17) is 10.5 Å². The van der Waals surface area contributed by atoms with Crippen molar-refractivity contribution >= 4 is 41.9 Å². The van der Waals surface area contributed by atoms with Crippen LogP contribution in [0, 0.1) is 11.8 Å². The summed E-state index contributed by atoms with van der Waals surface area (Å²) in [5, 5.41) is 5.84. The Kier molecular flexibility index (Phi) is 13.4. The molecule has 0 saturated carbocycles. The molecule has 34 heavy (non-hydrogen) atoms. The van der Waals surface area contributed by atoms with Gasteiger partial charge in [-0.3, -0.25) is 14.4 Å². The summed E-state index contributed by atoms with van der Waals surface area (Å²) in [4.78, 5) is 40.0. The molecule has 1 aromatic rings. The molecule has 1 aromatic carbocycles. The number of rotatable bonds is 11. The SMILES string of the molecule is COc1ccccc1CNC(=O)[C@@H](NC(=O)C1CCN(C(=O)[C@@H](N)CCSC)CC1)C(C)C.Cl. The zero-order valence-electron chi connectivity index (χ0n) is 20.5. The first-order valence-electron chi connectivity index (χ1n) is 11.5. The second-order valence-electron chi connectivity index (χ2n) is 8.75. The number of piperidine rings is 1. The van der Waals surface area contributed by atoms with E-state index < -0.39 is 12.1 Å². The number of hydrogen-bond donors (Lipinski definition) is 3. The number of nitrogens with zero attached hydrogens (tertiary/aromatic N) is 1. The standard InChI is InChI=1S/C24H38N4O4S.ClH/c1-16(2)21(23(30)26-15-18-7-5-6-8-20(18)32-3)27-22(29)17-9-12-28(13-10-17)24(31)19(25)11-14-33-4;/h5-8,16-17,19,21H,9-15,25H2,1-4H3,(H,26,30)(H,27,29);1H/t19-,21-;/m0./s1. The number of likely N-dealkylation sites (tertiary alicyclic amines) is 1. The summed E-state index contributed by atoms with van der Waals surface area (Å²) in [6.07, 6.45) is 3.78. The van der Waals surface area contributed by atoms with Crippen molar-refractivity contribution in [2.45, 2.75) is 51.7 Å². The first-order chi connectivity index (χ1) is 15.8. The molecule has 10 heteroatoms. The summed E-state index contributed by atoms with van der Waals surface area (Å²) in [6.45, 7) is 5.15. The van der Waals surface area contributed by atoms with Gasteiger partial charge in [0.05, 0.1) is 13.2 Å². The zero-order valence-corrected chi connectivity index (χ0v) is 22.2. The summed E-state index contributed by atoms with van der Waals surface area (Å²) in [7, 11) is 1.59. The third kappa shape index (κ3) is 8.67.